The smallest absolute Gasteiger partial charge is 0.233 e. The quantitative estimate of drug-likeness (QED) is 0.689. The number of likely N-dealkylation sites (tertiary alicyclic amines) is 1. The average molecular weight is 452 g/mol. The van der Waals surface area contributed by atoms with Crippen molar-refractivity contribution in [3.63, 3.8) is 0 Å². The Kier molecular flexibility index (Phi) is 6.30. The summed E-state index contributed by atoms with van der Waals surface area (Å²) in [6.07, 6.45) is 4.06. The van der Waals surface area contributed by atoms with Crippen molar-refractivity contribution in [3.05, 3.63) is 60.2 Å². The number of benzene rings is 2. The molecule has 3 fully saturated rings. The lowest BCUT2D eigenvalue weighted by atomic mass is 9.72. The number of nitrogens with zero attached hydrogens (tertiary/aromatic N) is 1. The third-order valence-corrected chi connectivity index (χ3v) is 7.58. The highest BCUT2D eigenvalue weighted by molar-refractivity contribution is 5.88. The molecule has 0 radical (unpaired) electrons. The fourth-order valence-electron chi connectivity index (χ4n) is 5.59. The summed E-state index contributed by atoms with van der Waals surface area (Å²) in [5, 5.41) is 0. The monoisotopic (exact) mass is 451 g/mol. The molecule has 1 unspecified atom stereocenters. The molecule has 6 heteroatoms. The minimum Gasteiger partial charge on any atom is -0.497 e. The first kappa shape index (κ1) is 22.2. The Hall–Kier alpha value is -2.57. The largest absolute Gasteiger partial charge is 0.497 e. The summed E-state index contributed by atoms with van der Waals surface area (Å²) in [5.41, 5.74) is 0.356. The maximum atomic E-state index is 13.9. The summed E-state index contributed by atoms with van der Waals surface area (Å²) < 4.78 is 23.4. The van der Waals surface area contributed by atoms with Crippen LogP contribution in [0.2, 0.25) is 0 Å². The minimum atomic E-state index is -0.523. The zero-order chi connectivity index (χ0) is 22.7. The predicted molar refractivity (Wildman–Crippen MR) is 125 cm³/mol. The molecule has 0 aliphatic carbocycles. The van der Waals surface area contributed by atoms with E-state index in [1.165, 1.54) is 0 Å². The molecule has 2 aromatic carbocycles. The van der Waals surface area contributed by atoms with Crippen molar-refractivity contribution in [2.45, 2.75) is 49.2 Å². The Balaban J connectivity index is 1.25. The molecule has 0 N–H and O–H groups in total. The van der Waals surface area contributed by atoms with E-state index in [4.69, 9.17) is 18.9 Å². The Morgan fingerprint density at radius 2 is 1.64 bits per heavy atom. The molecule has 2 aromatic rings. The molecule has 6 nitrogen and oxygen atoms in total. The van der Waals surface area contributed by atoms with E-state index in [2.05, 4.69) is 4.90 Å². The van der Waals surface area contributed by atoms with Crippen molar-refractivity contribution in [2.24, 2.45) is 0 Å². The number of hydrogen-bond acceptors (Lipinski definition) is 5. The van der Waals surface area contributed by atoms with E-state index < -0.39 is 5.41 Å². The second-order valence-corrected chi connectivity index (χ2v) is 9.47. The van der Waals surface area contributed by atoms with Crippen LogP contribution < -0.4 is 9.47 Å². The van der Waals surface area contributed by atoms with E-state index in [-0.39, 0.29) is 17.6 Å². The molecule has 3 aliphatic rings. The van der Waals surface area contributed by atoms with Gasteiger partial charge in [0.25, 0.3) is 0 Å². The fraction of sp³-hybridized carbons (Fsp3) is 0.519. The first-order valence-corrected chi connectivity index (χ1v) is 12.0. The Labute approximate surface area is 195 Å². The lowest BCUT2D eigenvalue weighted by molar-refractivity contribution is -0.146. The van der Waals surface area contributed by atoms with Gasteiger partial charge >= 0.3 is 0 Å². The standard InChI is InChI=1S/C27H33NO5/c1-30-22-9-7-21(8-10-22)27(13-17-31-18-14-27)25(29)28-15-11-26(12-16-28)19-24(20-32-26)33-23-5-3-2-4-6-23/h2-10,24H,11-20H2,1H3. The zero-order valence-corrected chi connectivity index (χ0v) is 19.3. The number of carbonyl (C=O) groups excluding carboxylic acids is 1. The van der Waals surface area contributed by atoms with Crippen LogP contribution in [0.3, 0.4) is 0 Å². The molecule has 0 saturated carbocycles. The summed E-state index contributed by atoms with van der Waals surface area (Å²) in [6, 6.07) is 17.9. The second-order valence-electron chi connectivity index (χ2n) is 9.47. The average Bonchev–Trinajstić information content (AvgIpc) is 3.26. The maximum Gasteiger partial charge on any atom is 0.233 e. The molecular weight excluding hydrogens is 418 g/mol. The number of hydrogen-bond donors (Lipinski definition) is 0. The summed E-state index contributed by atoms with van der Waals surface area (Å²) in [6.45, 7) is 3.26. The van der Waals surface area contributed by atoms with E-state index in [9.17, 15) is 4.79 Å². The van der Waals surface area contributed by atoms with Gasteiger partial charge in [0.1, 0.15) is 17.6 Å². The van der Waals surface area contributed by atoms with Crippen molar-refractivity contribution in [1.82, 2.24) is 4.90 Å². The lowest BCUT2D eigenvalue weighted by Gasteiger charge is -2.44. The Morgan fingerprint density at radius 1 is 0.939 bits per heavy atom. The zero-order valence-electron chi connectivity index (χ0n) is 19.3. The lowest BCUT2D eigenvalue weighted by Crippen LogP contribution is -2.54. The molecule has 33 heavy (non-hydrogen) atoms. The van der Waals surface area contributed by atoms with Gasteiger partial charge in [-0.2, -0.15) is 0 Å². The van der Waals surface area contributed by atoms with Gasteiger partial charge in [-0.3, -0.25) is 4.79 Å². The Bertz CT molecular complexity index is 931. The SMILES string of the molecule is COc1ccc(C2(C(=O)N3CCC4(CC3)CC(Oc3ccccc3)CO4)CCOCC2)cc1. The van der Waals surface area contributed by atoms with E-state index in [0.29, 0.717) is 32.7 Å². The van der Waals surface area contributed by atoms with Crippen LogP contribution >= 0.6 is 0 Å². The molecule has 3 aliphatic heterocycles. The van der Waals surface area contributed by atoms with Crippen LogP contribution in [0.15, 0.2) is 54.6 Å². The third-order valence-electron chi connectivity index (χ3n) is 7.58. The fourth-order valence-corrected chi connectivity index (χ4v) is 5.59. The normalized spacial score (nSPS) is 23.9. The van der Waals surface area contributed by atoms with Crippen LogP contribution in [0.4, 0.5) is 0 Å². The molecule has 3 heterocycles. The van der Waals surface area contributed by atoms with E-state index in [1.54, 1.807) is 7.11 Å². The molecule has 0 aromatic heterocycles. The Morgan fingerprint density at radius 3 is 2.30 bits per heavy atom. The molecule has 5 rings (SSSR count). The third kappa shape index (κ3) is 4.46. The predicted octanol–water partition coefficient (Wildman–Crippen LogP) is 3.97. The number of piperidine rings is 1. The van der Waals surface area contributed by atoms with Gasteiger partial charge in [0.05, 0.1) is 24.7 Å². The maximum absolute atomic E-state index is 13.9. The number of carbonyl (C=O) groups is 1. The van der Waals surface area contributed by atoms with Crippen molar-refractivity contribution in [2.75, 3.05) is 40.0 Å². The highest BCUT2D eigenvalue weighted by Crippen LogP contribution is 2.41. The highest BCUT2D eigenvalue weighted by Gasteiger charge is 2.48. The van der Waals surface area contributed by atoms with E-state index in [1.807, 2.05) is 54.6 Å². The van der Waals surface area contributed by atoms with Gasteiger partial charge in [-0.15, -0.1) is 0 Å². The van der Waals surface area contributed by atoms with E-state index >= 15 is 0 Å². The first-order chi connectivity index (χ1) is 16.1. The molecule has 3 saturated heterocycles. The summed E-state index contributed by atoms with van der Waals surface area (Å²) in [4.78, 5) is 16.0. The van der Waals surface area contributed by atoms with E-state index in [0.717, 1.165) is 49.4 Å². The molecule has 176 valence electrons. The van der Waals surface area contributed by atoms with Crippen molar-refractivity contribution < 1.29 is 23.7 Å². The number of methoxy groups -OCH3 is 1. The number of amides is 1. The van der Waals surface area contributed by atoms with Gasteiger partial charge in [-0.25, -0.2) is 0 Å². The van der Waals surface area contributed by atoms with Crippen LogP contribution in [-0.2, 0) is 19.7 Å². The van der Waals surface area contributed by atoms with Gasteiger partial charge < -0.3 is 23.8 Å². The van der Waals surface area contributed by atoms with Crippen molar-refractivity contribution in [1.29, 1.82) is 0 Å². The first-order valence-electron chi connectivity index (χ1n) is 12.0. The number of ether oxygens (including phenoxy) is 4. The topological polar surface area (TPSA) is 57.2 Å². The van der Waals surface area contributed by atoms with Crippen molar-refractivity contribution in [3.8, 4) is 11.5 Å². The summed E-state index contributed by atoms with van der Waals surface area (Å²) in [5.74, 6) is 1.91. The van der Waals surface area contributed by atoms with Crippen LogP contribution in [0.5, 0.6) is 11.5 Å². The van der Waals surface area contributed by atoms with Crippen LogP contribution in [-0.4, -0.2) is 62.5 Å². The summed E-state index contributed by atoms with van der Waals surface area (Å²) in [7, 11) is 1.66. The highest BCUT2D eigenvalue weighted by atomic mass is 16.6. The van der Waals surface area contributed by atoms with Crippen LogP contribution in [0, 0.1) is 0 Å². The van der Waals surface area contributed by atoms with Crippen LogP contribution in [0.25, 0.3) is 0 Å². The molecule has 1 spiro atoms. The number of para-hydroxylation sites is 1. The minimum absolute atomic E-state index is 0.0655. The summed E-state index contributed by atoms with van der Waals surface area (Å²) >= 11 is 0. The molecule has 1 atom stereocenters. The van der Waals surface area contributed by atoms with Crippen LogP contribution in [0.1, 0.15) is 37.7 Å². The molecule has 0 bridgehead atoms. The molecule has 1 amide bonds. The van der Waals surface area contributed by atoms with Gasteiger partial charge in [0.15, 0.2) is 0 Å². The van der Waals surface area contributed by atoms with Gasteiger partial charge in [-0.05, 0) is 55.5 Å². The van der Waals surface area contributed by atoms with Gasteiger partial charge in [-0.1, -0.05) is 30.3 Å². The molecular formula is C27H33NO5. The van der Waals surface area contributed by atoms with Crippen molar-refractivity contribution >= 4 is 5.91 Å². The van der Waals surface area contributed by atoms with Gasteiger partial charge in [0, 0.05) is 32.7 Å². The number of rotatable bonds is 5. The van der Waals surface area contributed by atoms with Gasteiger partial charge in [0.2, 0.25) is 5.91 Å². The second kappa shape index (κ2) is 9.35.